The number of aromatic nitrogens is 1. The van der Waals surface area contributed by atoms with E-state index < -0.39 is 6.36 Å². The van der Waals surface area contributed by atoms with E-state index in [4.69, 9.17) is 0 Å². The summed E-state index contributed by atoms with van der Waals surface area (Å²) < 4.78 is 39.6. The summed E-state index contributed by atoms with van der Waals surface area (Å²) >= 11 is 1.51. The third-order valence-corrected chi connectivity index (χ3v) is 2.82. The minimum absolute atomic E-state index is 0.231. The van der Waals surface area contributed by atoms with Crippen LogP contribution in [0.25, 0.3) is 0 Å². The maximum absolute atomic E-state index is 11.9. The molecule has 0 saturated heterocycles. The number of benzene rings is 1. The summed E-state index contributed by atoms with van der Waals surface area (Å²) in [6.07, 6.45) is -2.92. The van der Waals surface area contributed by atoms with Crippen LogP contribution in [0, 0.1) is 0 Å². The van der Waals surface area contributed by atoms with Crippen LogP contribution in [0.3, 0.4) is 0 Å². The van der Waals surface area contributed by atoms with Crippen molar-refractivity contribution < 1.29 is 17.9 Å². The first-order valence-electron chi connectivity index (χ1n) is 5.00. The summed E-state index contributed by atoms with van der Waals surface area (Å²) in [6, 6.07) is 5.59. The van der Waals surface area contributed by atoms with Gasteiger partial charge in [-0.15, -0.1) is 24.5 Å². The van der Waals surface area contributed by atoms with Crippen LogP contribution in [0.1, 0.15) is 4.88 Å². The largest absolute Gasteiger partial charge is 0.573 e. The Labute approximate surface area is 105 Å². The molecule has 3 nitrogen and oxygen atoms in total. The first kappa shape index (κ1) is 12.7. The molecule has 96 valence electrons. The first-order chi connectivity index (χ1) is 8.53. The predicted molar refractivity (Wildman–Crippen MR) is 62.6 cm³/mol. The predicted octanol–water partition coefficient (Wildman–Crippen LogP) is 3.65. The number of rotatable bonds is 4. The van der Waals surface area contributed by atoms with Crippen molar-refractivity contribution in [3.8, 4) is 5.75 Å². The van der Waals surface area contributed by atoms with Gasteiger partial charge < -0.3 is 10.1 Å². The Morgan fingerprint density at radius 1 is 1.22 bits per heavy atom. The zero-order chi connectivity index (χ0) is 13.0. The molecule has 0 radical (unpaired) electrons. The maximum Gasteiger partial charge on any atom is 0.573 e. The van der Waals surface area contributed by atoms with Crippen molar-refractivity contribution in [1.82, 2.24) is 4.98 Å². The van der Waals surface area contributed by atoms with E-state index in [0.29, 0.717) is 6.54 Å². The normalized spacial score (nSPS) is 11.3. The number of nitrogens with one attached hydrogen (secondary N) is 1. The minimum atomic E-state index is -4.66. The second-order valence-electron chi connectivity index (χ2n) is 3.39. The van der Waals surface area contributed by atoms with Gasteiger partial charge in [-0.25, -0.2) is 0 Å². The van der Waals surface area contributed by atoms with Gasteiger partial charge in [0.1, 0.15) is 5.75 Å². The quantitative estimate of drug-likeness (QED) is 0.924. The second-order valence-corrected chi connectivity index (χ2v) is 4.36. The van der Waals surface area contributed by atoms with Gasteiger partial charge in [-0.05, 0) is 24.3 Å². The average molecular weight is 274 g/mol. The Morgan fingerprint density at radius 3 is 2.50 bits per heavy atom. The van der Waals surface area contributed by atoms with Crippen molar-refractivity contribution in [2.24, 2.45) is 0 Å². The number of nitrogens with zero attached hydrogens (tertiary/aromatic N) is 1. The molecule has 18 heavy (non-hydrogen) atoms. The van der Waals surface area contributed by atoms with E-state index in [9.17, 15) is 13.2 Å². The van der Waals surface area contributed by atoms with Gasteiger partial charge in [0.15, 0.2) is 0 Å². The van der Waals surface area contributed by atoms with Crippen LogP contribution in [0.4, 0.5) is 18.9 Å². The smallest absolute Gasteiger partial charge is 0.406 e. The highest BCUT2D eigenvalue weighted by Crippen LogP contribution is 2.24. The standard InChI is InChI=1S/C11H9F3N2OS/c12-11(13,14)17-9-3-1-8(2-4-9)16-6-10-5-15-7-18-10/h1-5,7,16H,6H2. The Bertz CT molecular complexity index is 482. The lowest BCUT2D eigenvalue weighted by Gasteiger charge is -2.09. The van der Waals surface area contributed by atoms with Crippen LogP contribution in [-0.4, -0.2) is 11.3 Å². The van der Waals surface area contributed by atoms with Crippen molar-refractivity contribution in [3.63, 3.8) is 0 Å². The lowest BCUT2D eigenvalue weighted by Crippen LogP contribution is -2.17. The van der Waals surface area contributed by atoms with Gasteiger partial charge >= 0.3 is 6.36 Å². The van der Waals surface area contributed by atoms with Crippen molar-refractivity contribution in [1.29, 1.82) is 0 Å². The fraction of sp³-hybridized carbons (Fsp3) is 0.182. The van der Waals surface area contributed by atoms with Gasteiger partial charge in [0, 0.05) is 16.8 Å². The lowest BCUT2D eigenvalue weighted by atomic mass is 10.3. The van der Waals surface area contributed by atoms with Crippen molar-refractivity contribution in [2.75, 3.05) is 5.32 Å². The van der Waals surface area contributed by atoms with E-state index in [2.05, 4.69) is 15.0 Å². The highest BCUT2D eigenvalue weighted by Gasteiger charge is 2.30. The van der Waals surface area contributed by atoms with Gasteiger partial charge in [0.2, 0.25) is 0 Å². The molecule has 1 aromatic carbocycles. The van der Waals surface area contributed by atoms with Gasteiger partial charge in [0.25, 0.3) is 0 Å². The van der Waals surface area contributed by atoms with Crippen LogP contribution in [0.5, 0.6) is 5.75 Å². The van der Waals surface area contributed by atoms with E-state index in [1.807, 2.05) is 0 Å². The number of alkyl halides is 3. The molecule has 0 atom stereocenters. The molecule has 7 heteroatoms. The summed E-state index contributed by atoms with van der Waals surface area (Å²) in [4.78, 5) is 4.97. The third kappa shape index (κ3) is 3.92. The molecule has 0 spiro atoms. The molecule has 0 bridgehead atoms. The summed E-state index contributed by atoms with van der Waals surface area (Å²) in [5, 5.41) is 3.07. The zero-order valence-corrected chi connectivity index (χ0v) is 9.89. The van der Waals surface area contributed by atoms with Gasteiger partial charge in [-0.1, -0.05) is 0 Å². The summed E-state index contributed by atoms with van der Waals surface area (Å²) in [5.74, 6) is -0.231. The Kier molecular flexibility index (Phi) is 3.71. The molecule has 0 aliphatic carbocycles. The van der Waals surface area contributed by atoms with Crippen LogP contribution < -0.4 is 10.1 Å². The Morgan fingerprint density at radius 2 is 1.94 bits per heavy atom. The topological polar surface area (TPSA) is 34.1 Å². The fourth-order valence-corrected chi connectivity index (χ4v) is 1.83. The molecule has 1 heterocycles. The molecule has 0 amide bonds. The molecule has 1 N–H and O–H groups in total. The highest BCUT2D eigenvalue weighted by atomic mass is 32.1. The molecule has 0 saturated carbocycles. The number of halogens is 3. The zero-order valence-electron chi connectivity index (χ0n) is 9.07. The van der Waals surface area contributed by atoms with E-state index in [1.54, 1.807) is 11.7 Å². The van der Waals surface area contributed by atoms with Crippen LogP contribution in [0.15, 0.2) is 36.0 Å². The molecule has 2 rings (SSSR count). The Balaban J connectivity index is 1.91. The maximum atomic E-state index is 11.9. The lowest BCUT2D eigenvalue weighted by molar-refractivity contribution is -0.274. The summed E-state index contributed by atoms with van der Waals surface area (Å²) in [5.41, 5.74) is 2.44. The van der Waals surface area contributed by atoms with Gasteiger partial charge in [0.05, 0.1) is 12.1 Å². The fourth-order valence-electron chi connectivity index (χ4n) is 1.29. The number of hydrogen-bond acceptors (Lipinski definition) is 4. The molecule has 0 unspecified atom stereocenters. The SMILES string of the molecule is FC(F)(F)Oc1ccc(NCc2cncs2)cc1. The third-order valence-electron chi connectivity index (χ3n) is 2.04. The van der Waals surface area contributed by atoms with Crippen LogP contribution in [-0.2, 0) is 6.54 Å². The van der Waals surface area contributed by atoms with E-state index in [1.165, 1.54) is 35.6 Å². The molecule has 1 aromatic heterocycles. The van der Waals surface area contributed by atoms with Crippen molar-refractivity contribution in [2.45, 2.75) is 12.9 Å². The van der Waals surface area contributed by atoms with E-state index >= 15 is 0 Å². The number of anilines is 1. The van der Waals surface area contributed by atoms with Crippen molar-refractivity contribution >= 4 is 17.0 Å². The minimum Gasteiger partial charge on any atom is -0.406 e. The van der Waals surface area contributed by atoms with Crippen LogP contribution in [0.2, 0.25) is 0 Å². The summed E-state index contributed by atoms with van der Waals surface area (Å²) in [6.45, 7) is 0.587. The van der Waals surface area contributed by atoms with Gasteiger partial charge in [-0.2, -0.15) is 0 Å². The van der Waals surface area contributed by atoms with Gasteiger partial charge in [-0.3, -0.25) is 4.98 Å². The number of ether oxygens (including phenoxy) is 1. The molecular formula is C11H9F3N2OS. The molecule has 0 fully saturated rings. The molecule has 0 aliphatic rings. The Hall–Kier alpha value is -1.76. The monoisotopic (exact) mass is 274 g/mol. The first-order valence-corrected chi connectivity index (χ1v) is 5.88. The molecule has 2 aromatic rings. The average Bonchev–Trinajstić information content (AvgIpc) is 2.79. The van der Waals surface area contributed by atoms with Crippen LogP contribution >= 0.6 is 11.3 Å². The molecule has 0 aliphatic heterocycles. The molecular weight excluding hydrogens is 265 g/mol. The second kappa shape index (κ2) is 5.26. The van der Waals surface area contributed by atoms with Crippen molar-refractivity contribution in [3.05, 3.63) is 40.8 Å². The van der Waals surface area contributed by atoms with E-state index in [-0.39, 0.29) is 5.75 Å². The highest BCUT2D eigenvalue weighted by molar-refractivity contribution is 7.09. The summed E-state index contributed by atoms with van der Waals surface area (Å²) in [7, 11) is 0. The van der Waals surface area contributed by atoms with E-state index in [0.717, 1.165) is 10.6 Å². The number of hydrogen-bond donors (Lipinski definition) is 1. The number of thiazole rings is 1.